The standard InChI is InChI=1S/C7H10N2O2/c8-5-2-1-3-6(7(5)11)9-4-10/h5-6H,1-3,8H2. The first-order valence-electron chi connectivity index (χ1n) is 3.62. The zero-order valence-corrected chi connectivity index (χ0v) is 6.12. The molecule has 1 aliphatic carbocycles. The molecule has 1 fully saturated rings. The highest BCUT2D eigenvalue weighted by Gasteiger charge is 2.27. The summed E-state index contributed by atoms with van der Waals surface area (Å²) in [7, 11) is 0. The van der Waals surface area contributed by atoms with Crippen molar-refractivity contribution in [3.8, 4) is 0 Å². The smallest absolute Gasteiger partial charge is 0.235 e. The van der Waals surface area contributed by atoms with E-state index >= 15 is 0 Å². The minimum Gasteiger partial charge on any atom is -0.321 e. The molecule has 60 valence electrons. The van der Waals surface area contributed by atoms with Gasteiger partial charge in [0.1, 0.15) is 6.04 Å². The summed E-state index contributed by atoms with van der Waals surface area (Å²) in [6.07, 6.45) is 3.60. The Kier molecular flexibility index (Phi) is 2.52. The first-order valence-corrected chi connectivity index (χ1v) is 3.62. The van der Waals surface area contributed by atoms with E-state index in [2.05, 4.69) is 4.99 Å². The molecule has 0 saturated heterocycles. The van der Waals surface area contributed by atoms with Crippen LogP contribution in [0.25, 0.3) is 0 Å². The van der Waals surface area contributed by atoms with Gasteiger partial charge in [-0.05, 0) is 19.3 Å². The number of nitrogens with two attached hydrogens (primary N) is 1. The molecule has 1 rings (SSSR count). The summed E-state index contributed by atoms with van der Waals surface area (Å²) in [5.74, 6) is -0.125. The number of hydrogen-bond donors (Lipinski definition) is 1. The molecule has 0 radical (unpaired) electrons. The number of isocyanates is 1. The van der Waals surface area contributed by atoms with Crippen molar-refractivity contribution in [3.63, 3.8) is 0 Å². The molecular formula is C7H10N2O2. The number of carbonyl (C=O) groups excluding carboxylic acids is 2. The summed E-state index contributed by atoms with van der Waals surface area (Å²) >= 11 is 0. The third kappa shape index (κ3) is 1.73. The lowest BCUT2D eigenvalue weighted by Crippen LogP contribution is -2.41. The second-order valence-corrected chi connectivity index (χ2v) is 2.68. The molecule has 0 aliphatic heterocycles. The van der Waals surface area contributed by atoms with Gasteiger partial charge in [-0.2, -0.15) is 4.99 Å². The Labute approximate surface area is 64.5 Å². The van der Waals surface area contributed by atoms with Gasteiger partial charge in [0.25, 0.3) is 0 Å². The quantitative estimate of drug-likeness (QED) is 0.419. The van der Waals surface area contributed by atoms with Crippen LogP contribution in [0, 0.1) is 0 Å². The van der Waals surface area contributed by atoms with Gasteiger partial charge < -0.3 is 5.73 Å². The van der Waals surface area contributed by atoms with Gasteiger partial charge in [0.2, 0.25) is 6.08 Å². The Morgan fingerprint density at radius 2 is 2.27 bits per heavy atom. The molecule has 0 amide bonds. The molecule has 11 heavy (non-hydrogen) atoms. The van der Waals surface area contributed by atoms with E-state index in [0.29, 0.717) is 12.8 Å². The SMILES string of the molecule is NC1CCCC(N=C=O)C1=O. The van der Waals surface area contributed by atoms with Gasteiger partial charge in [0, 0.05) is 0 Å². The van der Waals surface area contributed by atoms with Crippen LogP contribution in [-0.4, -0.2) is 23.9 Å². The molecule has 0 aromatic carbocycles. The van der Waals surface area contributed by atoms with Crippen LogP contribution >= 0.6 is 0 Å². The Bertz CT molecular complexity index is 208. The molecule has 0 bridgehead atoms. The van der Waals surface area contributed by atoms with Gasteiger partial charge >= 0.3 is 0 Å². The average Bonchev–Trinajstić information content (AvgIpc) is 1.99. The maximum atomic E-state index is 11.1. The first kappa shape index (κ1) is 8.11. The van der Waals surface area contributed by atoms with Crippen molar-refractivity contribution in [1.29, 1.82) is 0 Å². The molecule has 4 nitrogen and oxygen atoms in total. The normalized spacial score (nSPS) is 31.2. The Balaban J connectivity index is 2.65. The fourth-order valence-electron chi connectivity index (χ4n) is 1.25. The molecule has 0 aromatic heterocycles. The first-order chi connectivity index (χ1) is 5.25. The Hall–Kier alpha value is -0.990. The molecule has 0 spiro atoms. The van der Waals surface area contributed by atoms with Gasteiger partial charge in [0.05, 0.1) is 6.04 Å². The van der Waals surface area contributed by atoms with Crippen LogP contribution in [0.15, 0.2) is 4.99 Å². The second-order valence-electron chi connectivity index (χ2n) is 2.68. The average molecular weight is 154 g/mol. The van der Waals surface area contributed by atoms with Crippen LogP contribution in [0.4, 0.5) is 0 Å². The highest BCUT2D eigenvalue weighted by Crippen LogP contribution is 2.15. The maximum absolute atomic E-state index is 11.1. The van der Waals surface area contributed by atoms with Crippen molar-refractivity contribution >= 4 is 11.9 Å². The molecule has 1 saturated carbocycles. The van der Waals surface area contributed by atoms with E-state index in [1.165, 1.54) is 6.08 Å². The number of rotatable bonds is 1. The van der Waals surface area contributed by atoms with Crippen LogP contribution in [0.5, 0.6) is 0 Å². The topological polar surface area (TPSA) is 72.5 Å². The van der Waals surface area contributed by atoms with E-state index in [1.54, 1.807) is 0 Å². The minimum atomic E-state index is -0.517. The Morgan fingerprint density at radius 1 is 1.55 bits per heavy atom. The van der Waals surface area contributed by atoms with E-state index in [-0.39, 0.29) is 5.78 Å². The maximum Gasteiger partial charge on any atom is 0.235 e. The van der Waals surface area contributed by atoms with E-state index in [9.17, 15) is 9.59 Å². The van der Waals surface area contributed by atoms with E-state index < -0.39 is 12.1 Å². The largest absolute Gasteiger partial charge is 0.321 e. The minimum absolute atomic E-state index is 0.125. The van der Waals surface area contributed by atoms with Crippen LogP contribution in [0.1, 0.15) is 19.3 Å². The van der Waals surface area contributed by atoms with E-state index in [0.717, 1.165) is 6.42 Å². The number of Topliss-reactive ketones (excluding diaryl/α,β-unsaturated/α-hetero) is 1. The van der Waals surface area contributed by atoms with Crippen LogP contribution in [0.3, 0.4) is 0 Å². The molecule has 4 heteroatoms. The lowest BCUT2D eigenvalue weighted by Gasteiger charge is -2.20. The van der Waals surface area contributed by atoms with Crippen molar-refractivity contribution < 1.29 is 9.59 Å². The van der Waals surface area contributed by atoms with E-state index in [4.69, 9.17) is 5.73 Å². The van der Waals surface area contributed by atoms with Crippen molar-refractivity contribution in [2.45, 2.75) is 31.3 Å². The van der Waals surface area contributed by atoms with Gasteiger partial charge in [-0.15, -0.1) is 0 Å². The lowest BCUT2D eigenvalue weighted by molar-refractivity contribution is -0.122. The molecular weight excluding hydrogens is 144 g/mol. The van der Waals surface area contributed by atoms with Gasteiger partial charge in [-0.3, -0.25) is 4.79 Å². The predicted octanol–water partition coefficient (Wildman–Crippen LogP) is -0.229. The van der Waals surface area contributed by atoms with E-state index in [1.807, 2.05) is 0 Å². The fraction of sp³-hybridized carbons (Fsp3) is 0.714. The highest BCUT2D eigenvalue weighted by atomic mass is 16.1. The second kappa shape index (κ2) is 3.42. The lowest BCUT2D eigenvalue weighted by atomic mass is 9.91. The molecule has 2 atom stereocenters. The fourth-order valence-corrected chi connectivity index (χ4v) is 1.25. The van der Waals surface area contributed by atoms with Gasteiger partial charge in [-0.25, -0.2) is 4.79 Å². The monoisotopic (exact) mass is 154 g/mol. The van der Waals surface area contributed by atoms with Crippen molar-refractivity contribution in [1.82, 2.24) is 0 Å². The number of carbonyl (C=O) groups is 1. The molecule has 0 heterocycles. The Morgan fingerprint density at radius 3 is 2.91 bits per heavy atom. The molecule has 1 aliphatic rings. The van der Waals surface area contributed by atoms with Crippen molar-refractivity contribution in [2.24, 2.45) is 10.7 Å². The van der Waals surface area contributed by atoms with Crippen molar-refractivity contribution in [3.05, 3.63) is 0 Å². The predicted molar refractivity (Wildman–Crippen MR) is 38.7 cm³/mol. The number of nitrogens with zero attached hydrogens (tertiary/aromatic N) is 1. The third-order valence-corrected chi connectivity index (χ3v) is 1.90. The van der Waals surface area contributed by atoms with Gasteiger partial charge in [-0.1, -0.05) is 0 Å². The summed E-state index contributed by atoms with van der Waals surface area (Å²) < 4.78 is 0. The number of aliphatic imine (C=N–C) groups is 1. The summed E-state index contributed by atoms with van der Waals surface area (Å²) in [5, 5.41) is 0. The van der Waals surface area contributed by atoms with Gasteiger partial charge in [0.15, 0.2) is 5.78 Å². The highest BCUT2D eigenvalue weighted by molar-refractivity contribution is 5.90. The zero-order valence-electron chi connectivity index (χ0n) is 6.12. The third-order valence-electron chi connectivity index (χ3n) is 1.90. The molecule has 2 unspecified atom stereocenters. The number of hydrogen-bond acceptors (Lipinski definition) is 4. The molecule has 0 aromatic rings. The zero-order chi connectivity index (χ0) is 8.27. The summed E-state index contributed by atoms with van der Waals surface area (Å²) in [6, 6.07) is -0.943. The summed E-state index contributed by atoms with van der Waals surface area (Å²) in [6.45, 7) is 0. The number of ketones is 1. The van der Waals surface area contributed by atoms with Crippen LogP contribution < -0.4 is 5.73 Å². The molecule has 2 N–H and O–H groups in total. The van der Waals surface area contributed by atoms with Crippen LogP contribution in [0.2, 0.25) is 0 Å². The van der Waals surface area contributed by atoms with Crippen LogP contribution in [-0.2, 0) is 9.59 Å². The summed E-state index contributed by atoms with van der Waals surface area (Å²) in [4.78, 5) is 24.3. The van der Waals surface area contributed by atoms with Crippen molar-refractivity contribution in [2.75, 3.05) is 0 Å². The summed E-state index contributed by atoms with van der Waals surface area (Å²) in [5.41, 5.74) is 5.46.